The van der Waals surface area contributed by atoms with Crippen molar-refractivity contribution in [1.82, 2.24) is 14.5 Å². The maximum absolute atomic E-state index is 5.16. The fourth-order valence-electron chi connectivity index (χ4n) is 6.43. The minimum absolute atomic E-state index is 0.148. The van der Waals surface area contributed by atoms with Crippen LogP contribution in [0.3, 0.4) is 0 Å². The molecule has 0 radical (unpaired) electrons. The number of hydrogen-bond donors (Lipinski definition) is 0. The van der Waals surface area contributed by atoms with Crippen LogP contribution in [-0.2, 0) is 5.41 Å². The summed E-state index contributed by atoms with van der Waals surface area (Å²) < 4.78 is 2.22. The minimum Gasteiger partial charge on any atom is -0.277 e. The van der Waals surface area contributed by atoms with Crippen LogP contribution < -0.4 is 0 Å². The Bertz CT molecular complexity index is 2340. The molecule has 216 valence electrons. The first kappa shape index (κ1) is 27.0. The molecule has 0 atom stereocenters. The first-order chi connectivity index (χ1) is 21.9. The van der Waals surface area contributed by atoms with Gasteiger partial charge in [0.2, 0.25) is 5.95 Å². The maximum Gasteiger partial charge on any atom is 0.235 e. The number of benzene rings is 6. The van der Waals surface area contributed by atoms with Gasteiger partial charge in [-0.25, -0.2) is 9.97 Å². The molecule has 0 bridgehead atoms. The van der Waals surface area contributed by atoms with E-state index in [1.807, 2.05) is 12.3 Å². The van der Waals surface area contributed by atoms with E-state index in [-0.39, 0.29) is 5.41 Å². The van der Waals surface area contributed by atoms with Crippen molar-refractivity contribution in [2.24, 2.45) is 0 Å². The quantitative estimate of drug-likeness (QED) is 0.208. The predicted octanol–water partition coefficient (Wildman–Crippen LogP) is 11.0. The zero-order valence-electron chi connectivity index (χ0n) is 25.7. The molecule has 45 heavy (non-hydrogen) atoms. The summed E-state index contributed by atoms with van der Waals surface area (Å²) in [6.45, 7) is 6.75. The van der Waals surface area contributed by atoms with Crippen LogP contribution in [0.5, 0.6) is 0 Å². The van der Waals surface area contributed by atoms with E-state index < -0.39 is 0 Å². The van der Waals surface area contributed by atoms with Gasteiger partial charge in [0, 0.05) is 27.9 Å². The number of fused-ring (bicyclic) bond motifs is 5. The largest absolute Gasteiger partial charge is 0.277 e. The number of para-hydroxylation sites is 1. The Kier molecular flexibility index (Phi) is 6.35. The summed E-state index contributed by atoms with van der Waals surface area (Å²) in [5, 5.41) is 4.79. The van der Waals surface area contributed by atoms with E-state index in [1.54, 1.807) is 0 Å². The first-order valence-electron chi connectivity index (χ1n) is 15.5. The molecule has 2 aromatic heterocycles. The van der Waals surface area contributed by atoms with Gasteiger partial charge in [-0.2, -0.15) is 0 Å². The Morgan fingerprint density at radius 2 is 1.16 bits per heavy atom. The molecule has 3 heteroatoms. The number of hydrogen-bond acceptors (Lipinski definition) is 2. The Balaban J connectivity index is 1.17. The normalized spacial score (nSPS) is 11.9. The lowest BCUT2D eigenvalue weighted by molar-refractivity contribution is 0.590. The minimum atomic E-state index is 0.148. The average Bonchev–Trinajstić information content (AvgIpc) is 3.43. The van der Waals surface area contributed by atoms with Crippen molar-refractivity contribution in [2.45, 2.75) is 26.2 Å². The highest BCUT2D eigenvalue weighted by Gasteiger charge is 2.17. The molecule has 0 saturated heterocycles. The molecule has 0 amide bonds. The van der Waals surface area contributed by atoms with E-state index in [0.29, 0.717) is 5.95 Å². The molecule has 6 aromatic carbocycles. The van der Waals surface area contributed by atoms with Crippen molar-refractivity contribution in [3.05, 3.63) is 151 Å². The number of rotatable bonds is 4. The van der Waals surface area contributed by atoms with Crippen LogP contribution in [0.1, 0.15) is 26.3 Å². The fraction of sp³-hybridized carbons (Fsp3) is 0.0952. The van der Waals surface area contributed by atoms with Crippen LogP contribution in [0.15, 0.2) is 146 Å². The lowest BCUT2D eigenvalue weighted by Gasteiger charge is -2.19. The molecule has 0 unspecified atom stereocenters. The van der Waals surface area contributed by atoms with Crippen LogP contribution in [-0.4, -0.2) is 14.5 Å². The van der Waals surface area contributed by atoms with Crippen molar-refractivity contribution in [1.29, 1.82) is 0 Å². The van der Waals surface area contributed by atoms with E-state index in [0.717, 1.165) is 27.9 Å². The Morgan fingerprint density at radius 3 is 1.91 bits per heavy atom. The summed E-state index contributed by atoms with van der Waals surface area (Å²) in [7, 11) is 0. The van der Waals surface area contributed by atoms with Gasteiger partial charge in [0.15, 0.2) is 0 Å². The van der Waals surface area contributed by atoms with E-state index in [2.05, 4.69) is 159 Å². The van der Waals surface area contributed by atoms with Crippen LogP contribution in [0.2, 0.25) is 0 Å². The number of nitrogens with zero attached hydrogens (tertiary/aromatic N) is 3. The Labute approximate surface area is 263 Å². The number of aromatic nitrogens is 3. The summed E-state index contributed by atoms with van der Waals surface area (Å²) in [5.41, 5.74) is 10.5. The van der Waals surface area contributed by atoms with Crippen molar-refractivity contribution >= 4 is 32.6 Å². The van der Waals surface area contributed by atoms with Crippen molar-refractivity contribution in [2.75, 3.05) is 0 Å². The summed E-state index contributed by atoms with van der Waals surface area (Å²) in [4.78, 5) is 9.96. The lowest BCUT2D eigenvalue weighted by Crippen LogP contribution is -2.10. The monoisotopic (exact) mass is 579 g/mol. The standard InChI is InChI=1S/C42H33N3/c1-42(2,3)34-22-19-29(20-23-34)28-15-17-30(18-16-28)32-10-8-11-33(27-32)38-25-26-43-41(44-38)45-39-14-7-6-13-36(39)37-24-21-31-9-4-5-12-35(31)40(37)45/h4-27H,1-3H3. The van der Waals surface area contributed by atoms with E-state index in [1.165, 1.54) is 43.8 Å². The summed E-state index contributed by atoms with van der Waals surface area (Å²) in [6, 6.07) is 49.9. The maximum atomic E-state index is 5.16. The predicted molar refractivity (Wildman–Crippen MR) is 189 cm³/mol. The Morgan fingerprint density at radius 1 is 0.511 bits per heavy atom. The van der Waals surface area contributed by atoms with Crippen LogP contribution in [0.4, 0.5) is 0 Å². The molecule has 0 aliphatic heterocycles. The lowest BCUT2D eigenvalue weighted by atomic mass is 9.86. The molecule has 8 rings (SSSR count). The second-order valence-corrected chi connectivity index (χ2v) is 12.8. The molecule has 0 aliphatic rings. The van der Waals surface area contributed by atoms with Gasteiger partial charge in [0.1, 0.15) is 0 Å². The van der Waals surface area contributed by atoms with Gasteiger partial charge in [-0.3, -0.25) is 4.57 Å². The molecule has 0 spiro atoms. The zero-order valence-corrected chi connectivity index (χ0v) is 25.7. The molecule has 8 aromatic rings. The summed E-state index contributed by atoms with van der Waals surface area (Å²) in [5.74, 6) is 0.669. The molecule has 0 saturated carbocycles. The van der Waals surface area contributed by atoms with Crippen LogP contribution in [0, 0.1) is 0 Å². The van der Waals surface area contributed by atoms with Gasteiger partial charge in [0.25, 0.3) is 0 Å². The molecular formula is C42H33N3. The molecule has 2 heterocycles. The second kappa shape index (κ2) is 10.6. The van der Waals surface area contributed by atoms with Gasteiger partial charge in [0.05, 0.1) is 16.7 Å². The van der Waals surface area contributed by atoms with Gasteiger partial charge >= 0.3 is 0 Å². The topological polar surface area (TPSA) is 30.7 Å². The second-order valence-electron chi connectivity index (χ2n) is 12.8. The fourth-order valence-corrected chi connectivity index (χ4v) is 6.43. The average molecular weight is 580 g/mol. The summed E-state index contributed by atoms with van der Waals surface area (Å²) >= 11 is 0. The van der Waals surface area contributed by atoms with E-state index in [9.17, 15) is 0 Å². The van der Waals surface area contributed by atoms with Gasteiger partial charge in [-0.1, -0.05) is 142 Å². The third-order valence-corrected chi connectivity index (χ3v) is 8.86. The van der Waals surface area contributed by atoms with E-state index in [4.69, 9.17) is 9.97 Å². The molecule has 0 N–H and O–H groups in total. The van der Waals surface area contributed by atoms with Gasteiger partial charge < -0.3 is 0 Å². The highest BCUT2D eigenvalue weighted by Crippen LogP contribution is 2.36. The van der Waals surface area contributed by atoms with E-state index >= 15 is 0 Å². The smallest absolute Gasteiger partial charge is 0.235 e. The first-order valence-corrected chi connectivity index (χ1v) is 15.5. The highest BCUT2D eigenvalue weighted by molar-refractivity contribution is 6.18. The van der Waals surface area contributed by atoms with Gasteiger partial charge in [-0.15, -0.1) is 0 Å². The molecule has 0 aliphatic carbocycles. The third-order valence-electron chi connectivity index (χ3n) is 8.86. The third kappa shape index (κ3) is 4.78. The van der Waals surface area contributed by atoms with Crippen molar-refractivity contribution in [3.8, 4) is 39.5 Å². The molecule has 0 fully saturated rings. The van der Waals surface area contributed by atoms with Crippen LogP contribution >= 0.6 is 0 Å². The van der Waals surface area contributed by atoms with Crippen molar-refractivity contribution < 1.29 is 0 Å². The summed E-state index contributed by atoms with van der Waals surface area (Å²) in [6.07, 6.45) is 1.87. The zero-order chi connectivity index (χ0) is 30.5. The van der Waals surface area contributed by atoms with Gasteiger partial charge in [-0.05, 0) is 56.8 Å². The SMILES string of the molecule is CC(C)(C)c1ccc(-c2ccc(-c3cccc(-c4ccnc(-n5c6ccccc6c6ccc7ccccc7c65)n4)c3)cc2)cc1. The van der Waals surface area contributed by atoms with Crippen molar-refractivity contribution in [3.63, 3.8) is 0 Å². The highest BCUT2D eigenvalue weighted by atomic mass is 15.2. The molecular weight excluding hydrogens is 546 g/mol. The van der Waals surface area contributed by atoms with Crippen LogP contribution in [0.25, 0.3) is 72.0 Å². The Hall–Kier alpha value is -5.54. The molecule has 3 nitrogen and oxygen atoms in total.